The van der Waals surface area contributed by atoms with E-state index < -0.39 is 45.6 Å². The van der Waals surface area contributed by atoms with Gasteiger partial charge < -0.3 is 25.7 Å². The Balaban J connectivity index is 0.000000242. The van der Waals surface area contributed by atoms with Crippen LogP contribution >= 0.6 is 81.2 Å². The number of dihydropyridines is 3. The van der Waals surface area contributed by atoms with Crippen LogP contribution in [-0.2, 0) is 20.8 Å². The molecule has 5 aromatic rings. The first-order valence-electron chi connectivity index (χ1n) is 22.7. The summed E-state index contributed by atoms with van der Waals surface area (Å²) >= 11 is 41.0. The molecule has 0 aliphatic carbocycles. The molecule has 8 rings (SSSR count). The number of ketones is 4. The van der Waals surface area contributed by atoms with E-state index in [2.05, 4.69) is 39.3 Å². The average molecular weight is 1250 g/mol. The number of carbonyl (C=O) groups is 5. The maximum absolute atomic E-state index is 14.7. The van der Waals surface area contributed by atoms with Gasteiger partial charge in [-0.3, -0.25) is 43.0 Å². The fraction of sp³-hybridized carbons (Fsp3) is 0.280. The molecule has 0 saturated heterocycles. The molecule has 5 heterocycles. The molecule has 0 amide bonds. The molecule has 0 spiro atoms. The first kappa shape index (κ1) is 65.5. The zero-order chi connectivity index (χ0) is 58.7. The number of aliphatic imine (C=N–C) groups is 3. The quantitative estimate of drug-likeness (QED) is 0.0437. The van der Waals surface area contributed by atoms with Crippen molar-refractivity contribution < 1.29 is 56.0 Å². The summed E-state index contributed by atoms with van der Waals surface area (Å²) in [6.07, 6.45) is 4.12. The van der Waals surface area contributed by atoms with Crippen LogP contribution in [0.25, 0.3) is 0 Å². The van der Waals surface area contributed by atoms with Crippen molar-refractivity contribution in [1.82, 2.24) is 20.3 Å². The SMILES string of the molecule is C.CC(C)C1=CC(Oc2c(Cl)cc(CC(=O)c3noc(=O)[nH]3)c(F)c2Cl)=NCC1=O.CC(C)C1=CC(Oc2c(Cl)cc(N)c(F)c2Cl)=NCC1=O.CC(C)C1=CC(Oc2c(Cl)cc(N)cc2Cl)=NCC1=O.O=C(Cl)c1noc(=O)[nH]1. The van der Waals surface area contributed by atoms with Gasteiger partial charge >= 0.3 is 11.5 Å². The molecule has 0 fully saturated rings. The molecule has 30 heteroatoms. The number of H-pyrrole nitrogens is 2. The normalized spacial score (nSPS) is 13.9. The number of ether oxygens (including phenoxy) is 3. The van der Waals surface area contributed by atoms with Gasteiger partial charge in [0, 0.05) is 47.1 Å². The van der Waals surface area contributed by atoms with Crippen molar-refractivity contribution in [3.05, 3.63) is 139 Å². The minimum atomic E-state index is -0.925. The van der Waals surface area contributed by atoms with E-state index in [9.17, 15) is 42.3 Å². The highest BCUT2D eigenvalue weighted by Crippen LogP contribution is 2.40. The second-order valence-electron chi connectivity index (χ2n) is 17.3. The Labute approximate surface area is 487 Å². The number of carbonyl (C=O) groups excluding carboxylic acids is 5. The van der Waals surface area contributed by atoms with Crippen LogP contribution in [0.1, 0.15) is 75.8 Å². The molecule has 3 aliphatic heterocycles. The second-order valence-corrected chi connectivity index (χ2v) is 20.0. The Hall–Kier alpha value is -6.99. The first-order valence-corrected chi connectivity index (χ1v) is 25.3. The highest BCUT2D eigenvalue weighted by molar-refractivity contribution is 6.67. The van der Waals surface area contributed by atoms with E-state index in [1.54, 1.807) is 18.2 Å². The molecule has 0 bridgehead atoms. The molecule has 0 atom stereocenters. The molecule has 2 aromatic heterocycles. The summed E-state index contributed by atoms with van der Waals surface area (Å²) in [6, 6.07) is 5.48. The van der Waals surface area contributed by atoms with E-state index in [1.807, 2.05) is 46.5 Å². The maximum Gasteiger partial charge on any atom is 0.439 e. The molecule has 21 nitrogen and oxygen atoms in total. The van der Waals surface area contributed by atoms with Crippen LogP contribution < -0.4 is 37.2 Å². The highest BCUT2D eigenvalue weighted by atomic mass is 35.5. The lowest BCUT2D eigenvalue weighted by Crippen LogP contribution is -2.22. The average Bonchev–Trinajstić information content (AvgIpc) is 4.04. The summed E-state index contributed by atoms with van der Waals surface area (Å²) in [5, 5.41) is 5.23. The zero-order valence-corrected chi connectivity index (χ0v) is 47.1. The number of aromatic nitrogens is 4. The number of nitrogen functional groups attached to an aromatic ring is 2. The number of hydrogen-bond donors (Lipinski definition) is 4. The monoisotopic (exact) mass is 1250 g/mol. The van der Waals surface area contributed by atoms with Gasteiger partial charge in [0.15, 0.2) is 40.4 Å². The number of anilines is 2. The van der Waals surface area contributed by atoms with Crippen molar-refractivity contribution in [3.63, 3.8) is 0 Å². The van der Waals surface area contributed by atoms with Crippen LogP contribution in [-0.4, -0.2) is 86.0 Å². The van der Waals surface area contributed by atoms with Crippen molar-refractivity contribution in [2.75, 3.05) is 31.1 Å². The van der Waals surface area contributed by atoms with Crippen molar-refractivity contribution in [2.45, 2.75) is 55.4 Å². The predicted octanol–water partition coefficient (Wildman–Crippen LogP) is 10.7. The molecule has 80 heavy (non-hydrogen) atoms. The molecule has 0 saturated carbocycles. The minimum Gasteiger partial charge on any atom is -0.436 e. The Morgan fingerprint density at radius 1 is 0.588 bits per heavy atom. The van der Waals surface area contributed by atoms with Crippen LogP contribution in [0.5, 0.6) is 17.2 Å². The van der Waals surface area contributed by atoms with Gasteiger partial charge in [-0.2, -0.15) is 0 Å². The van der Waals surface area contributed by atoms with Crippen LogP contribution in [0.15, 0.2) is 92.8 Å². The summed E-state index contributed by atoms with van der Waals surface area (Å²) in [5.41, 5.74) is 13.0. The van der Waals surface area contributed by atoms with Gasteiger partial charge in [0.05, 0.1) is 25.8 Å². The third-order valence-corrected chi connectivity index (χ3v) is 12.4. The van der Waals surface area contributed by atoms with E-state index in [0.29, 0.717) is 38.3 Å². The number of halogens is 9. The van der Waals surface area contributed by atoms with E-state index in [0.717, 1.165) is 0 Å². The summed E-state index contributed by atoms with van der Waals surface area (Å²) in [5.74, 6) is -4.30. The van der Waals surface area contributed by atoms with E-state index in [-0.39, 0.29) is 129 Å². The Morgan fingerprint density at radius 3 is 1.31 bits per heavy atom. The van der Waals surface area contributed by atoms with Gasteiger partial charge in [-0.25, -0.2) is 33.3 Å². The van der Waals surface area contributed by atoms with E-state index in [1.165, 1.54) is 24.3 Å². The van der Waals surface area contributed by atoms with Crippen molar-refractivity contribution in [2.24, 2.45) is 32.7 Å². The fourth-order valence-electron chi connectivity index (χ4n) is 6.60. The smallest absolute Gasteiger partial charge is 0.436 e. The number of rotatable bonds is 10. The van der Waals surface area contributed by atoms with Crippen molar-refractivity contribution in [1.29, 1.82) is 0 Å². The number of nitrogens with zero attached hydrogens (tertiary/aromatic N) is 5. The number of Topliss-reactive ketones (excluding diaryl/α,β-unsaturated/α-hetero) is 4. The number of nitrogens with two attached hydrogens (primary N) is 2. The van der Waals surface area contributed by atoms with Crippen molar-refractivity contribution in [3.8, 4) is 17.2 Å². The molecular weight excluding hydrogens is 1200 g/mol. The summed E-state index contributed by atoms with van der Waals surface area (Å²) in [6.45, 7) is 11.3. The number of benzene rings is 3. The molecule has 0 radical (unpaired) electrons. The largest absolute Gasteiger partial charge is 0.439 e. The highest BCUT2D eigenvalue weighted by Gasteiger charge is 2.27. The number of hydrogen-bond acceptors (Lipinski definition) is 19. The van der Waals surface area contributed by atoms with Crippen LogP contribution in [0, 0.1) is 29.4 Å². The lowest BCUT2D eigenvalue weighted by atomic mass is 9.97. The van der Waals surface area contributed by atoms with Crippen LogP contribution in [0.4, 0.5) is 20.2 Å². The lowest BCUT2D eigenvalue weighted by molar-refractivity contribution is -0.115. The Kier molecular flexibility index (Phi) is 23.7. The number of aromatic amines is 2. The minimum absolute atomic E-state index is 0. The fourth-order valence-corrected chi connectivity index (χ4v) is 8.39. The Bertz CT molecular complexity index is 3540. The molecular formula is C50H46Cl7F2N9O12. The molecule has 3 aromatic carbocycles. The van der Waals surface area contributed by atoms with E-state index in [4.69, 9.17) is 107 Å². The van der Waals surface area contributed by atoms with Gasteiger partial charge in [-0.1, -0.05) is 129 Å². The van der Waals surface area contributed by atoms with Crippen LogP contribution in [0.2, 0.25) is 30.1 Å². The van der Waals surface area contributed by atoms with E-state index >= 15 is 0 Å². The maximum atomic E-state index is 14.7. The summed E-state index contributed by atoms with van der Waals surface area (Å²) in [7, 11) is 0. The summed E-state index contributed by atoms with van der Waals surface area (Å²) in [4.78, 5) is 94.6. The van der Waals surface area contributed by atoms with Gasteiger partial charge in [-0.15, -0.1) is 0 Å². The summed E-state index contributed by atoms with van der Waals surface area (Å²) < 4.78 is 53.2. The molecule has 3 aliphatic rings. The topological polar surface area (TPSA) is 320 Å². The van der Waals surface area contributed by atoms with Crippen LogP contribution in [0.3, 0.4) is 0 Å². The zero-order valence-electron chi connectivity index (χ0n) is 41.8. The molecule has 0 unspecified atom stereocenters. The second kappa shape index (κ2) is 28.9. The van der Waals surface area contributed by atoms with Crippen molar-refractivity contribution >= 4 is 139 Å². The number of nitrogens with one attached hydrogen (secondary N) is 2. The van der Waals surface area contributed by atoms with Gasteiger partial charge in [0.2, 0.25) is 35.1 Å². The van der Waals surface area contributed by atoms with Gasteiger partial charge in [-0.05, 0) is 59.2 Å². The molecule has 6 N–H and O–H groups in total. The third kappa shape index (κ3) is 17.3. The standard InChI is InChI=1S/C18H14Cl2FN3O5.C14H13Cl2FN2O2.C14H14Cl2N2O2.C3HClN2O3.CH4/c1-7(2)9-5-13(22-6-12(9)26)28-16-10(19)3-8(15(21)14(16)20)4-11(25)17-23-18(27)29-24-17;1-6(2)7-3-11(19-5-10(7)20)21-14-8(15)4-9(18)13(17)12(14)16;1-7(2)9-5-13(18-6-12(9)19)20-14-10(15)3-8(17)4-11(14)16;4-1(7)2-5-3(8)9-6-2;/h3,5,7H,4,6H2,1-2H3,(H,23,24,27);3-4,6H,5,18H2,1-2H3;3-5,7H,6,17H2,1-2H3;(H,5,6,8);1H4. The van der Waals surface area contributed by atoms with Gasteiger partial charge in [0.1, 0.15) is 35.5 Å². The predicted molar refractivity (Wildman–Crippen MR) is 300 cm³/mol. The first-order chi connectivity index (χ1) is 37.1. The third-order valence-electron chi connectivity index (χ3n) is 10.5. The molecule has 426 valence electrons. The Morgan fingerprint density at radius 2 is 0.950 bits per heavy atom. The van der Waals surface area contributed by atoms with Gasteiger partial charge in [0.25, 0.3) is 5.24 Å². The lowest BCUT2D eigenvalue weighted by Gasteiger charge is -2.17.